The maximum atomic E-state index is 14.8. The number of hydrogen-bond acceptors (Lipinski definition) is 1. The Hall–Kier alpha value is -4.02. The Morgan fingerprint density at radius 2 is 1.45 bits per heavy atom. The molecule has 7 heteroatoms. The molecular weight excluding hydrogens is 507 g/mol. The molecule has 0 saturated heterocycles. The number of hydrogen-bond donors (Lipinski definition) is 0. The largest absolute Gasteiger partial charge is 0.319 e. The van der Waals surface area contributed by atoms with Gasteiger partial charge in [-0.05, 0) is 54.2 Å². The summed E-state index contributed by atoms with van der Waals surface area (Å²) in [5.74, 6) is -5.94. The number of para-hydroxylation sites is 2. The third-order valence-corrected chi connectivity index (χ3v) is 8.96. The number of fused-ring (bicyclic) bond motifs is 2. The lowest BCUT2D eigenvalue weighted by molar-refractivity contribution is 0.403. The van der Waals surface area contributed by atoms with Crippen LogP contribution in [0.25, 0.3) is 33.2 Å². The van der Waals surface area contributed by atoms with E-state index in [-0.39, 0.29) is 12.1 Å². The number of rotatable bonds is 5. The fourth-order valence-electron chi connectivity index (χ4n) is 4.90. The molecule has 6 aromatic rings. The van der Waals surface area contributed by atoms with Crippen LogP contribution < -0.4 is 10.6 Å². The highest BCUT2D eigenvalue weighted by Gasteiger charge is 2.24. The van der Waals surface area contributed by atoms with Crippen molar-refractivity contribution in [3.8, 4) is 11.4 Å². The van der Waals surface area contributed by atoms with Gasteiger partial charge in [-0.2, -0.15) is 0 Å². The van der Waals surface area contributed by atoms with Crippen molar-refractivity contribution in [3.05, 3.63) is 126 Å². The van der Waals surface area contributed by atoms with Gasteiger partial charge in [0, 0.05) is 11.1 Å². The number of aromatic nitrogens is 2. The summed E-state index contributed by atoms with van der Waals surface area (Å²) in [4.78, 5) is 4.95. The summed E-state index contributed by atoms with van der Waals surface area (Å²) < 4.78 is 58.6. The monoisotopic (exact) mass is 528 g/mol. The molecule has 0 fully saturated rings. The van der Waals surface area contributed by atoms with E-state index in [1.807, 2.05) is 66.7 Å². The minimum Gasteiger partial charge on any atom is -0.319 e. The Morgan fingerprint density at radius 3 is 2.26 bits per heavy atom. The Balaban J connectivity index is 1.65. The average molecular weight is 528 g/mol. The predicted octanol–water partition coefficient (Wildman–Crippen LogP) is 7.52. The third kappa shape index (κ3) is 4.06. The minimum atomic E-state index is -1.82. The molecule has 0 saturated carbocycles. The lowest BCUT2D eigenvalue weighted by atomic mass is 10.0. The van der Waals surface area contributed by atoms with Gasteiger partial charge in [0.25, 0.3) is 0 Å². The van der Waals surface area contributed by atoms with Crippen LogP contribution in [0, 0.1) is 23.3 Å². The van der Waals surface area contributed by atoms with E-state index in [4.69, 9.17) is 4.98 Å². The molecular formula is C31H21F4N2P. The Morgan fingerprint density at radius 1 is 0.737 bits per heavy atom. The predicted molar refractivity (Wildman–Crippen MR) is 147 cm³/mol. The molecule has 5 aromatic carbocycles. The van der Waals surface area contributed by atoms with Gasteiger partial charge >= 0.3 is 0 Å². The summed E-state index contributed by atoms with van der Waals surface area (Å²) in [6.07, 6.45) is 0. The molecule has 188 valence electrons. The molecule has 1 heterocycles. The van der Waals surface area contributed by atoms with Crippen molar-refractivity contribution < 1.29 is 17.6 Å². The summed E-state index contributed by atoms with van der Waals surface area (Å²) in [6, 6.07) is 30.3. The first-order valence-electron chi connectivity index (χ1n) is 12.0. The smallest absolute Gasteiger partial charge is 0.197 e. The second-order valence-electron chi connectivity index (χ2n) is 9.05. The highest BCUT2D eigenvalue weighted by atomic mass is 31.1. The van der Waals surface area contributed by atoms with Crippen LogP contribution in [0.3, 0.4) is 0 Å². The summed E-state index contributed by atoms with van der Waals surface area (Å²) in [5, 5.41) is 4.21. The normalized spacial score (nSPS) is 12.3. The molecule has 0 N–H and O–H groups in total. The van der Waals surface area contributed by atoms with Crippen LogP contribution in [-0.4, -0.2) is 16.2 Å². The van der Waals surface area contributed by atoms with Gasteiger partial charge in [0.1, 0.15) is 5.82 Å². The van der Waals surface area contributed by atoms with Crippen molar-refractivity contribution >= 4 is 40.3 Å². The molecule has 0 radical (unpaired) electrons. The van der Waals surface area contributed by atoms with Crippen molar-refractivity contribution in [2.75, 3.05) is 6.66 Å². The fourth-order valence-corrected chi connectivity index (χ4v) is 6.65. The van der Waals surface area contributed by atoms with Crippen molar-refractivity contribution in [2.24, 2.45) is 0 Å². The molecule has 1 unspecified atom stereocenters. The zero-order chi connectivity index (χ0) is 26.4. The first-order chi connectivity index (χ1) is 18.4. The molecule has 0 spiro atoms. The van der Waals surface area contributed by atoms with E-state index in [9.17, 15) is 17.6 Å². The summed E-state index contributed by atoms with van der Waals surface area (Å²) in [6.45, 7) is 1.95. The molecule has 0 aliphatic heterocycles. The van der Waals surface area contributed by atoms with Crippen LogP contribution in [0.2, 0.25) is 0 Å². The van der Waals surface area contributed by atoms with Crippen LogP contribution in [0.1, 0.15) is 5.56 Å². The molecule has 38 heavy (non-hydrogen) atoms. The first-order valence-corrected chi connectivity index (χ1v) is 13.8. The first kappa shape index (κ1) is 24.3. The Bertz CT molecular complexity index is 1810. The topological polar surface area (TPSA) is 17.8 Å². The van der Waals surface area contributed by atoms with Crippen molar-refractivity contribution in [3.63, 3.8) is 0 Å². The van der Waals surface area contributed by atoms with Crippen molar-refractivity contribution in [1.82, 2.24) is 9.55 Å². The fraction of sp³-hybridized carbons (Fsp3) is 0.0645. The van der Waals surface area contributed by atoms with Crippen LogP contribution in [0.5, 0.6) is 0 Å². The van der Waals surface area contributed by atoms with E-state index in [1.54, 1.807) is 4.57 Å². The summed E-state index contributed by atoms with van der Waals surface area (Å²) in [5.41, 5.74) is 1.91. The van der Waals surface area contributed by atoms with E-state index in [1.165, 1.54) is 5.30 Å². The van der Waals surface area contributed by atoms with E-state index in [0.29, 0.717) is 22.9 Å². The van der Waals surface area contributed by atoms with E-state index in [0.717, 1.165) is 21.6 Å². The number of imidazole rings is 1. The lowest BCUT2D eigenvalue weighted by Gasteiger charge is -2.20. The average Bonchev–Trinajstić information content (AvgIpc) is 3.32. The molecule has 2 nitrogen and oxygen atoms in total. The van der Waals surface area contributed by atoms with E-state index < -0.39 is 31.2 Å². The molecule has 1 atom stereocenters. The summed E-state index contributed by atoms with van der Waals surface area (Å²) in [7, 11) is -0.807. The molecule has 0 aliphatic carbocycles. The van der Waals surface area contributed by atoms with Crippen LogP contribution >= 0.6 is 7.92 Å². The van der Waals surface area contributed by atoms with Gasteiger partial charge in [-0.15, -0.1) is 0 Å². The van der Waals surface area contributed by atoms with Gasteiger partial charge in [0.15, 0.2) is 23.3 Å². The van der Waals surface area contributed by atoms with Crippen LogP contribution in [0.15, 0.2) is 97.1 Å². The highest BCUT2D eigenvalue weighted by molar-refractivity contribution is 7.72. The molecule has 0 bridgehead atoms. The molecule has 6 rings (SSSR count). The number of nitrogens with zero attached hydrogens (tertiary/aromatic N) is 2. The SMILES string of the molecule is CP(c1ccccc1)c1ccc2ccccc2c1-c1nc2ccccc2n1Cc1cc(F)c(F)c(F)c1F. The maximum absolute atomic E-state index is 14.8. The van der Waals surface area contributed by atoms with E-state index >= 15 is 0 Å². The number of halogens is 4. The van der Waals surface area contributed by atoms with E-state index in [2.05, 4.69) is 30.9 Å². The molecule has 0 amide bonds. The highest BCUT2D eigenvalue weighted by Crippen LogP contribution is 2.39. The Kier molecular flexibility index (Phi) is 6.21. The van der Waals surface area contributed by atoms with Gasteiger partial charge in [-0.1, -0.05) is 78.9 Å². The van der Waals surface area contributed by atoms with Crippen LogP contribution in [0.4, 0.5) is 17.6 Å². The zero-order valence-corrected chi connectivity index (χ0v) is 21.2. The number of benzene rings is 5. The lowest BCUT2D eigenvalue weighted by Crippen LogP contribution is -2.16. The third-order valence-electron chi connectivity index (χ3n) is 6.80. The quantitative estimate of drug-likeness (QED) is 0.0980. The van der Waals surface area contributed by atoms with Crippen molar-refractivity contribution in [2.45, 2.75) is 6.54 Å². The minimum absolute atomic E-state index is 0.231. The molecule has 0 aliphatic rings. The molecule has 1 aromatic heterocycles. The maximum Gasteiger partial charge on any atom is 0.197 e. The summed E-state index contributed by atoms with van der Waals surface area (Å²) >= 11 is 0. The zero-order valence-electron chi connectivity index (χ0n) is 20.3. The van der Waals surface area contributed by atoms with Gasteiger partial charge in [-0.25, -0.2) is 22.5 Å². The second-order valence-corrected chi connectivity index (χ2v) is 11.2. The Labute approximate surface area is 217 Å². The van der Waals surface area contributed by atoms with Gasteiger partial charge < -0.3 is 4.57 Å². The van der Waals surface area contributed by atoms with Gasteiger partial charge in [0.05, 0.1) is 17.6 Å². The van der Waals surface area contributed by atoms with Crippen LogP contribution in [-0.2, 0) is 6.54 Å². The second kappa shape index (κ2) is 9.70. The standard InChI is InChI=1S/C31H21F4N2P/c1-38(21-10-3-2-4-11-21)26-16-15-19-9-5-6-12-22(19)27(26)31-36-24-13-7-8-14-25(24)37(31)18-20-17-23(32)29(34)30(35)28(20)33/h2-17H,18H2,1H3. The van der Waals surface area contributed by atoms with Gasteiger partial charge in [-0.3, -0.25) is 0 Å². The van der Waals surface area contributed by atoms with Crippen molar-refractivity contribution in [1.29, 1.82) is 0 Å². The van der Waals surface area contributed by atoms with Gasteiger partial charge in [0.2, 0.25) is 0 Å².